The average Bonchev–Trinajstić information content (AvgIpc) is 2.14. The average molecular weight is 252 g/mol. The van der Waals surface area contributed by atoms with Crippen LogP contribution in [-0.4, -0.2) is 44.3 Å². The van der Waals surface area contributed by atoms with Crippen molar-refractivity contribution in [3.8, 4) is 0 Å². The highest BCUT2D eigenvalue weighted by Crippen LogP contribution is 2.01. The van der Waals surface area contributed by atoms with E-state index < -0.39 is 10.1 Å². The van der Waals surface area contributed by atoms with E-state index in [-0.39, 0.29) is 30.0 Å². The van der Waals surface area contributed by atoms with E-state index in [1.807, 2.05) is 13.8 Å². The topological polar surface area (TPSA) is 95.5 Å². The number of amides is 1. The molecule has 7 heteroatoms. The molecule has 0 bridgehead atoms. The van der Waals surface area contributed by atoms with E-state index >= 15 is 0 Å². The Morgan fingerprint density at radius 1 is 1.38 bits per heavy atom. The minimum Gasteiger partial charge on any atom is -0.358 e. The summed E-state index contributed by atoms with van der Waals surface area (Å²) in [6.45, 7) is 4.17. The number of nitrogens with one attached hydrogen (secondary N) is 2. The second kappa shape index (κ2) is 6.82. The fourth-order valence-corrected chi connectivity index (χ4v) is 1.81. The van der Waals surface area contributed by atoms with Gasteiger partial charge in [-0.25, -0.2) is 0 Å². The highest BCUT2D eigenvalue weighted by molar-refractivity contribution is 7.85. The molecule has 16 heavy (non-hydrogen) atoms. The fraction of sp³-hybridized carbons (Fsp3) is 0.889. The van der Waals surface area contributed by atoms with E-state index in [0.29, 0.717) is 6.54 Å². The Balaban J connectivity index is 4.00. The summed E-state index contributed by atoms with van der Waals surface area (Å²) in [6, 6.07) is -0.341. The predicted octanol–water partition coefficient (Wildman–Crippen LogP) is -0.375. The van der Waals surface area contributed by atoms with Gasteiger partial charge in [0.05, 0.1) is 11.8 Å². The Labute approximate surface area is 96.5 Å². The van der Waals surface area contributed by atoms with Crippen LogP contribution in [-0.2, 0) is 14.9 Å². The third-order valence-electron chi connectivity index (χ3n) is 2.14. The van der Waals surface area contributed by atoms with E-state index in [9.17, 15) is 13.2 Å². The number of carbonyl (C=O) groups is 1. The van der Waals surface area contributed by atoms with Crippen LogP contribution in [0.2, 0.25) is 0 Å². The summed E-state index contributed by atoms with van der Waals surface area (Å²) < 4.78 is 29.4. The van der Waals surface area contributed by atoms with Gasteiger partial charge in [-0.3, -0.25) is 9.35 Å². The van der Waals surface area contributed by atoms with Crippen molar-refractivity contribution in [1.29, 1.82) is 0 Å². The lowest BCUT2D eigenvalue weighted by molar-refractivity contribution is -0.123. The largest absolute Gasteiger partial charge is 0.358 e. The lowest BCUT2D eigenvalue weighted by Crippen LogP contribution is -2.46. The molecule has 1 atom stereocenters. The van der Waals surface area contributed by atoms with E-state index in [2.05, 4.69) is 10.6 Å². The van der Waals surface area contributed by atoms with E-state index in [0.717, 1.165) is 0 Å². The molecule has 0 saturated carbocycles. The smallest absolute Gasteiger partial charge is 0.264 e. The van der Waals surface area contributed by atoms with Gasteiger partial charge in [-0.1, -0.05) is 13.8 Å². The summed E-state index contributed by atoms with van der Waals surface area (Å²) in [5.41, 5.74) is 0. The number of rotatable bonds is 7. The molecule has 0 unspecified atom stereocenters. The van der Waals surface area contributed by atoms with Gasteiger partial charge in [0.15, 0.2) is 0 Å². The summed E-state index contributed by atoms with van der Waals surface area (Å²) >= 11 is 0. The predicted molar refractivity (Wildman–Crippen MR) is 61.7 cm³/mol. The van der Waals surface area contributed by atoms with Crippen LogP contribution in [0.15, 0.2) is 0 Å². The number of likely N-dealkylation sites (N-methyl/N-ethyl adjacent to an activating group) is 1. The van der Waals surface area contributed by atoms with Gasteiger partial charge in [0.2, 0.25) is 5.91 Å². The highest BCUT2D eigenvalue weighted by atomic mass is 32.2. The van der Waals surface area contributed by atoms with Crippen LogP contribution in [0.4, 0.5) is 0 Å². The standard InChI is InChI=1S/C9H20N2O4S/c1-7(2)8(9(12)10-3)11-5-4-6-16(13,14)15/h7-8,11H,4-6H2,1-3H3,(H,10,12)(H,13,14,15)/t8-/m1/s1. The molecule has 0 saturated heterocycles. The monoisotopic (exact) mass is 252 g/mol. The molecule has 0 rings (SSSR count). The van der Waals surface area contributed by atoms with Crippen LogP contribution in [0.3, 0.4) is 0 Å². The molecule has 0 spiro atoms. The van der Waals surface area contributed by atoms with Crippen LogP contribution in [0.5, 0.6) is 0 Å². The lowest BCUT2D eigenvalue weighted by atomic mass is 10.0. The van der Waals surface area contributed by atoms with E-state index in [1.165, 1.54) is 0 Å². The van der Waals surface area contributed by atoms with Crippen LogP contribution < -0.4 is 10.6 Å². The quantitative estimate of drug-likeness (QED) is 0.424. The van der Waals surface area contributed by atoms with Crippen LogP contribution in [0.1, 0.15) is 20.3 Å². The van der Waals surface area contributed by atoms with Gasteiger partial charge in [-0.2, -0.15) is 8.42 Å². The molecule has 96 valence electrons. The maximum Gasteiger partial charge on any atom is 0.264 e. The van der Waals surface area contributed by atoms with Crippen LogP contribution in [0.25, 0.3) is 0 Å². The third-order valence-corrected chi connectivity index (χ3v) is 2.94. The molecular formula is C9H20N2O4S. The number of hydrogen-bond acceptors (Lipinski definition) is 4. The molecule has 0 aromatic rings. The second-order valence-electron chi connectivity index (χ2n) is 3.93. The van der Waals surface area contributed by atoms with Crippen molar-refractivity contribution in [2.45, 2.75) is 26.3 Å². The van der Waals surface area contributed by atoms with Gasteiger partial charge in [0, 0.05) is 7.05 Å². The summed E-state index contributed by atoms with van der Waals surface area (Å²) in [4.78, 5) is 11.4. The Kier molecular flexibility index (Phi) is 6.54. The lowest BCUT2D eigenvalue weighted by Gasteiger charge is -2.20. The minimum absolute atomic E-state index is 0.116. The zero-order chi connectivity index (χ0) is 12.8. The van der Waals surface area contributed by atoms with Gasteiger partial charge >= 0.3 is 0 Å². The second-order valence-corrected chi connectivity index (χ2v) is 5.50. The molecule has 1 amide bonds. The van der Waals surface area contributed by atoms with Crippen LogP contribution >= 0.6 is 0 Å². The van der Waals surface area contributed by atoms with Crippen molar-refractivity contribution in [3.05, 3.63) is 0 Å². The van der Waals surface area contributed by atoms with Gasteiger partial charge in [0.25, 0.3) is 10.1 Å². The zero-order valence-corrected chi connectivity index (χ0v) is 10.7. The van der Waals surface area contributed by atoms with Gasteiger partial charge in [-0.15, -0.1) is 0 Å². The molecule has 0 aromatic carbocycles. The molecule has 0 aromatic heterocycles. The minimum atomic E-state index is -3.91. The van der Waals surface area contributed by atoms with E-state index in [4.69, 9.17) is 4.55 Å². The summed E-state index contributed by atoms with van der Waals surface area (Å²) in [6.07, 6.45) is 0.277. The molecule has 0 radical (unpaired) electrons. The number of carbonyl (C=O) groups excluding carboxylic acids is 1. The van der Waals surface area contributed by atoms with E-state index in [1.54, 1.807) is 7.05 Å². The van der Waals surface area contributed by atoms with Crippen molar-refractivity contribution < 1.29 is 17.8 Å². The molecular weight excluding hydrogens is 232 g/mol. The van der Waals surface area contributed by atoms with Gasteiger partial charge in [0.1, 0.15) is 0 Å². The van der Waals surface area contributed by atoms with Crippen molar-refractivity contribution in [2.75, 3.05) is 19.3 Å². The van der Waals surface area contributed by atoms with Gasteiger partial charge < -0.3 is 10.6 Å². The molecule has 0 heterocycles. The Bertz CT molecular complexity index is 313. The number of hydrogen-bond donors (Lipinski definition) is 3. The Morgan fingerprint density at radius 2 is 1.94 bits per heavy atom. The summed E-state index contributed by atoms with van der Waals surface area (Å²) in [7, 11) is -2.36. The Hall–Kier alpha value is -0.660. The first-order valence-electron chi connectivity index (χ1n) is 5.18. The molecule has 0 aliphatic rings. The summed E-state index contributed by atoms with van der Waals surface area (Å²) in [5.74, 6) is -0.300. The normalized spacial score (nSPS) is 13.8. The maximum absolute atomic E-state index is 11.4. The van der Waals surface area contributed by atoms with Crippen molar-refractivity contribution in [2.24, 2.45) is 5.92 Å². The molecule has 6 nitrogen and oxygen atoms in total. The van der Waals surface area contributed by atoms with Gasteiger partial charge in [-0.05, 0) is 18.9 Å². The maximum atomic E-state index is 11.4. The fourth-order valence-electron chi connectivity index (χ4n) is 1.30. The van der Waals surface area contributed by atoms with Crippen molar-refractivity contribution >= 4 is 16.0 Å². The van der Waals surface area contributed by atoms with Crippen LogP contribution in [0, 0.1) is 5.92 Å². The third kappa shape index (κ3) is 6.76. The van der Waals surface area contributed by atoms with Crippen molar-refractivity contribution in [1.82, 2.24) is 10.6 Å². The first kappa shape index (κ1) is 15.3. The SMILES string of the molecule is CNC(=O)[C@H](NCCCS(=O)(=O)O)C(C)C. The van der Waals surface area contributed by atoms with Crippen molar-refractivity contribution in [3.63, 3.8) is 0 Å². The molecule has 0 aliphatic heterocycles. The molecule has 0 fully saturated rings. The summed E-state index contributed by atoms with van der Waals surface area (Å²) in [5, 5.41) is 5.49. The molecule has 0 aliphatic carbocycles. The molecule has 3 N–H and O–H groups in total. The first-order chi connectivity index (χ1) is 7.28. The first-order valence-corrected chi connectivity index (χ1v) is 6.79. The Morgan fingerprint density at radius 3 is 2.31 bits per heavy atom. The zero-order valence-electron chi connectivity index (χ0n) is 9.86. The highest BCUT2D eigenvalue weighted by Gasteiger charge is 2.19.